The molecule has 3 heteroatoms. The van der Waals surface area contributed by atoms with Crippen LogP contribution in [0.5, 0.6) is 0 Å². The summed E-state index contributed by atoms with van der Waals surface area (Å²) in [5.41, 5.74) is 6.18. The van der Waals surface area contributed by atoms with Crippen LogP contribution in [0.3, 0.4) is 0 Å². The third kappa shape index (κ3) is 3.44. The number of likely N-dealkylation sites (N-methyl/N-ethyl adjacent to an activating group) is 1. The number of hydrogen-bond acceptors (Lipinski definition) is 3. The topological polar surface area (TPSA) is 49.5 Å². The van der Waals surface area contributed by atoms with E-state index in [4.69, 9.17) is 5.73 Å². The van der Waals surface area contributed by atoms with Crippen molar-refractivity contribution in [1.82, 2.24) is 4.90 Å². The molecule has 1 fully saturated rings. The minimum absolute atomic E-state index is 0.196. The van der Waals surface area contributed by atoms with Crippen LogP contribution in [0.15, 0.2) is 0 Å². The average Bonchev–Trinajstić information content (AvgIpc) is 2.27. The van der Waals surface area contributed by atoms with Gasteiger partial charge in [0.15, 0.2) is 0 Å². The van der Waals surface area contributed by atoms with Crippen molar-refractivity contribution in [3.05, 3.63) is 0 Å². The molecule has 0 radical (unpaired) electrons. The van der Waals surface area contributed by atoms with Gasteiger partial charge < -0.3 is 10.8 Å². The molecule has 1 rings (SSSR count). The Bertz CT molecular complexity index is 198. The van der Waals surface area contributed by atoms with E-state index in [1.165, 1.54) is 25.7 Å². The third-order valence-electron chi connectivity index (χ3n) is 4.28. The maximum Gasteiger partial charge on any atom is 0.0524 e. The van der Waals surface area contributed by atoms with Gasteiger partial charge in [-0.25, -0.2) is 0 Å². The Kier molecular flexibility index (Phi) is 5.22. The van der Waals surface area contributed by atoms with Gasteiger partial charge in [0.25, 0.3) is 0 Å². The van der Waals surface area contributed by atoms with E-state index in [2.05, 4.69) is 18.9 Å². The van der Waals surface area contributed by atoms with E-state index in [1.54, 1.807) is 0 Å². The van der Waals surface area contributed by atoms with Crippen LogP contribution in [0.25, 0.3) is 0 Å². The molecule has 0 aromatic heterocycles. The van der Waals surface area contributed by atoms with Crippen molar-refractivity contribution in [3.63, 3.8) is 0 Å². The van der Waals surface area contributed by atoms with Crippen molar-refractivity contribution < 1.29 is 5.11 Å². The number of hydrogen-bond donors (Lipinski definition) is 2. The van der Waals surface area contributed by atoms with Crippen LogP contribution >= 0.6 is 0 Å². The van der Waals surface area contributed by atoms with Gasteiger partial charge in [0.05, 0.1) is 6.10 Å². The zero-order chi connectivity index (χ0) is 12.2. The van der Waals surface area contributed by atoms with Gasteiger partial charge in [0.2, 0.25) is 0 Å². The second-order valence-corrected chi connectivity index (χ2v) is 5.67. The van der Waals surface area contributed by atoms with Crippen LogP contribution in [0, 0.1) is 5.92 Å². The first-order valence-electron chi connectivity index (χ1n) is 6.59. The summed E-state index contributed by atoms with van der Waals surface area (Å²) >= 11 is 0. The molecule has 0 amide bonds. The van der Waals surface area contributed by atoms with Gasteiger partial charge in [-0.05, 0) is 52.0 Å². The molecule has 0 saturated heterocycles. The SMILES string of the molecule is CC(O)CCN(C)C1(CN)CCC(C)CC1. The van der Waals surface area contributed by atoms with Gasteiger partial charge in [0, 0.05) is 18.6 Å². The fourth-order valence-corrected chi connectivity index (χ4v) is 2.66. The first-order chi connectivity index (χ1) is 7.50. The Morgan fingerprint density at radius 1 is 1.44 bits per heavy atom. The highest BCUT2D eigenvalue weighted by molar-refractivity contribution is 4.94. The lowest BCUT2D eigenvalue weighted by molar-refractivity contribution is 0.0542. The van der Waals surface area contributed by atoms with Gasteiger partial charge in [-0.2, -0.15) is 0 Å². The van der Waals surface area contributed by atoms with Gasteiger partial charge in [-0.15, -0.1) is 0 Å². The van der Waals surface area contributed by atoms with E-state index in [0.717, 1.165) is 25.4 Å². The molecule has 3 N–H and O–H groups in total. The van der Waals surface area contributed by atoms with E-state index in [1.807, 2.05) is 6.92 Å². The van der Waals surface area contributed by atoms with E-state index in [0.29, 0.717) is 0 Å². The normalized spacial score (nSPS) is 33.0. The Balaban J connectivity index is 2.51. The number of nitrogens with two attached hydrogens (primary N) is 1. The molecule has 16 heavy (non-hydrogen) atoms. The Morgan fingerprint density at radius 3 is 2.44 bits per heavy atom. The van der Waals surface area contributed by atoms with Crippen molar-refractivity contribution in [2.24, 2.45) is 11.7 Å². The summed E-state index contributed by atoms with van der Waals surface area (Å²) in [5.74, 6) is 0.852. The van der Waals surface area contributed by atoms with Crippen LogP contribution < -0.4 is 5.73 Å². The van der Waals surface area contributed by atoms with Crippen LogP contribution in [0.1, 0.15) is 46.0 Å². The molecule has 1 unspecified atom stereocenters. The highest BCUT2D eigenvalue weighted by Gasteiger charge is 2.36. The second kappa shape index (κ2) is 5.99. The molecule has 1 saturated carbocycles. The van der Waals surface area contributed by atoms with Crippen LogP contribution in [0.4, 0.5) is 0 Å². The van der Waals surface area contributed by atoms with Crippen molar-refractivity contribution in [2.45, 2.75) is 57.6 Å². The Morgan fingerprint density at radius 2 is 2.00 bits per heavy atom. The molecule has 0 bridgehead atoms. The molecule has 0 aromatic carbocycles. The minimum atomic E-state index is -0.209. The van der Waals surface area contributed by atoms with Gasteiger partial charge in [0.1, 0.15) is 0 Å². The number of rotatable bonds is 5. The molecule has 1 atom stereocenters. The fraction of sp³-hybridized carbons (Fsp3) is 1.00. The highest BCUT2D eigenvalue weighted by Crippen LogP contribution is 2.35. The number of aliphatic hydroxyl groups is 1. The maximum atomic E-state index is 9.34. The summed E-state index contributed by atoms with van der Waals surface area (Å²) in [5, 5.41) is 9.34. The van der Waals surface area contributed by atoms with Crippen molar-refractivity contribution >= 4 is 0 Å². The second-order valence-electron chi connectivity index (χ2n) is 5.67. The predicted octanol–water partition coefficient (Wildman–Crippen LogP) is 1.60. The van der Waals surface area contributed by atoms with Crippen molar-refractivity contribution in [1.29, 1.82) is 0 Å². The van der Waals surface area contributed by atoms with Crippen LogP contribution in [0.2, 0.25) is 0 Å². The fourth-order valence-electron chi connectivity index (χ4n) is 2.66. The van der Waals surface area contributed by atoms with E-state index in [-0.39, 0.29) is 11.6 Å². The molecular weight excluding hydrogens is 200 g/mol. The zero-order valence-electron chi connectivity index (χ0n) is 11.1. The molecule has 3 nitrogen and oxygen atoms in total. The van der Waals surface area contributed by atoms with E-state index >= 15 is 0 Å². The quantitative estimate of drug-likeness (QED) is 0.751. The molecule has 96 valence electrons. The molecule has 1 aliphatic rings. The number of aliphatic hydroxyl groups excluding tert-OH is 1. The Labute approximate surface area is 100 Å². The molecule has 0 heterocycles. The lowest BCUT2D eigenvalue weighted by atomic mass is 9.76. The summed E-state index contributed by atoms with van der Waals surface area (Å²) < 4.78 is 0. The first kappa shape index (κ1) is 13.9. The van der Waals surface area contributed by atoms with Crippen LogP contribution in [-0.4, -0.2) is 41.8 Å². The standard InChI is InChI=1S/C13H28N2O/c1-11-4-7-13(10-14,8-5-11)15(3)9-6-12(2)16/h11-12,16H,4-10,14H2,1-3H3. The minimum Gasteiger partial charge on any atom is -0.393 e. The van der Waals surface area contributed by atoms with E-state index in [9.17, 15) is 5.11 Å². The third-order valence-corrected chi connectivity index (χ3v) is 4.28. The summed E-state index contributed by atoms with van der Waals surface area (Å²) in [6, 6.07) is 0. The molecule has 1 aliphatic carbocycles. The smallest absolute Gasteiger partial charge is 0.0524 e. The summed E-state index contributed by atoms with van der Waals surface area (Å²) in [4.78, 5) is 2.38. The van der Waals surface area contributed by atoms with Gasteiger partial charge in [-0.3, -0.25) is 4.90 Å². The highest BCUT2D eigenvalue weighted by atomic mass is 16.3. The maximum absolute atomic E-state index is 9.34. The summed E-state index contributed by atoms with van der Waals surface area (Å²) in [6.07, 6.45) is 5.63. The van der Waals surface area contributed by atoms with E-state index < -0.39 is 0 Å². The monoisotopic (exact) mass is 228 g/mol. The lowest BCUT2D eigenvalue weighted by Gasteiger charge is -2.45. The largest absolute Gasteiger partial charge is 0.393 e. The molecule has 0 aromatic rings. The molecule has 0 aliphatic heterocycles. The zero-order valence-corrected chi connectivity index (χ0v) is 11.1. The van der Waals surface area contributed by atoms with Crippen LogP contribution in [-0.2, 0) is 0 Å². The van der Waals surface area contributed by atoms with Gasteiger partial charge in [-0.1, -0.05) is 6.92 Å². The first-order valence-corrected chi connectivity index (χ1v) is 6.59. The van der Waals surface area contributed by atoms with Gasteiger partial charge >= 0.3 is 0 Å². The molecule has 0 spiro atoms. The predicted molar refractivity (Wildman–Crippen MR) is 68.3 cm³/mol. The average molecular weight is 228 g/mol. The van der Waals surface area contributed by atoms with Crippen molar-refractivity contribution in [2.75, 3.05) is 20.1 Å². The molecular formula is C13H28N2O. The number of nitrogens with zero attached hydrogens (tertiary/aromatic N) is 1. The lowest BCUT2D eigenvalue weighted by Crippen LogP contribution is -2.54. The summed E-state index contributed by atoms with van der Waals surface area (Å²) in [7, 11) is 2.16. The Hall–Kier alpha value is -0.120. The van der Waals surface area contributed by atoms with Crippen molar-refractivity contribution in [3.8, 4) is 0 Å². The summed E-state index contributed by atoms with van der Waals surface area (Å²) in [6.45, 7) is 5.88.